The molecule has 2 rings (SSSR count). The van der Waals surface area contributed by atoms with E-state index in [4.69, 9.17) is 4.74 Å². The second kappa shape index (κ2) is 9.21. The lowest BCUT2D eigenvalue weighted by Gasteiger charge is -2.15. The summed E-state index contributed by atoms with van der Waals surface area (Å²) in [6, 6.07) is 5.96. The number of anilines is 2. The van der Waals surface area contributed by atoms with E-state index >= 15 is 0 Å². The molecule has 0 bridgehead atoms. The molecule has 0 saturated heterocycles. The Labute approximate surface area is 156 Å². The monoisotopic (exact) mass is 377 g/mol. The highest BCUT2D eigenvalue weighted by Gasteiger charge is 2.32. The first kappa shape index (κ1) is 20.5. The van der Waals surface area contributed by atoms with Crippen molar-refractivity contribution in [2.75, 3.05) is 12.4 Å². The molecule has 144 valence electrons. The summed E-state index contributed by atoms with van der Waals surface area (Å²) in [7, 11) is 1.61. The van der Waals surface area contributed by atoms with Crippen LogP contribution in [-0.4, -0.2) is 17.1 Å². The van der Waals surface area contributed by atoms with Gasteiger partial charge in [-0.15, -0.1) is 0 Å². The number of aromatic nitrogens is 2. The predicted octanol–water partition coefficient (Wildman–Crippen LogP) is 5.97. The maximum Gasteiger partial charge on any atom is 0.433 e. The van der Waals surface area contributed by atoms with Crippen LogP contribution in [0.3, 0.4) is 0 Å². The Bertz CT molecular complexity index is 812. The van der Waals surface area contributed by atoms with E-state index in [-0.39, 0.29) is 0 Å². The number of ether oxygens (including phenoxy) is 1. The van der Waals surface area contributed by atoms with Crippen LogP contribution in [0.4, 0.5) is 24.7 Å². The Morgan fingerprint density at radius 2 is 1.96 bits per heavy atom. The van der Waals surface area contributed by atoms with Crippen molar-refractivity contribution in [1.82, 2.24) is 9.97 Å². The first-order valence-corrected chi connectivity index (χ1v) is 8.60. The largest absolute Gasteiger partial charge is 0.496 e. The van der Waals surface area contributed by atoms with Crippen LogP contribution < -0.4 is 5.32 Å². The number of halogens is 3. The number of methoxy groups -OCH3 is 1. The van der Waals surface area contributed by atoms with Gasteiger partial charge in [-0.3, -0.25) is 0 Å². The van der Waals surface area contributed by atoms with Gasteiger partial charge >= 0.3 is 6.18 Å². The third-order valence-corrected chi connectivity index (χ3v) is 3.83. The number of nitrogens with one attached hydrogen (secondary N) is 1. The van der Waals surface area contributed by atoms with Crippen molar-refractivity contribution in [3.8, 4) is 0 Å². The van der Waals surface area contributed by atoms with Gasteiger partial charge in [0.05, 0.1) is 19.0 Å². The number of hydrogen-bond donors (Lipinski definition) is 1. The predicted molar refractivity (Wildman–Crippen MR) is 100 cm³/mol. The van der Waals surface area contributed by atoms with E-state index < -0.39 is 11.9 Å². The minimum absolute atomic E-state index is 0.418. The highest BCUT2D eigenvalue weighted by atomic mass is 19.4. The van der Waals surface area contributed by atoms with Crippen LogP contribution in [0.25, 0.3) is 5.57 Å². The molecule has 1 N–H and O–H groups in total. The van der Waals surface area contributed by atoms with Crippen LogP contribution in [-0.2, 0) is 10.9 Å². The van der Waals surface area contributed by atoms with Crippen LogP contribution in [0.2, 0.25) is 0 Å². The van der Waals surface area contributed by atoms with E-state index in [2.05, 4.69) is 15.3 Å². The summed E-state index contributed by atoms with van der Waals surface area (Å²) in [5, 5.41) is 3.05. The van der Waals surface area contributed by atoms with Gasteiger partial charge in [-0.1, -0.05) is 19.9 Å². The fourth-order valence-corrected chi connectivity index (χ4v) is 2.53. The SMILES string of the molecule is CC/C=C\C(OC)=C(/CC)c1cccnc1Nc1ccc(C(F)(F)F)nc1. The highest BCUT2D eigenvalue weighted by Crippen LogP contribution is 2.31. The number of allylic oxidation sites excluding steroid dienone is 3. The van der Waals surface area contributed by atoms with E-state index in [0.717, 1.165) is 35.6 Å². The molecule has 0 aliphatic carbocycles. The second-order valence-electron chi connectivity index (χ2n) is 5.67. The van der Waals surface area contributed by atoms with Gasteiger partial charge in [-0.25, -0.2) is 9.97 Å². The number of hydrogen-bond acceptors (Lipinski definition) is 4. The smallest absolute Gasteiger partial charge is 0.433 e. The van der Waals surface area contributed by atoms with Gasteiger partial charge in [0.15, 0.2) is 0 Å². The molecule has 2 aromatic rings. The summed E-state index contributed by atoms with van der Waals surface area (Å²) >= 11 is 0. The van der Waals surface area contributed by atoms with Crippen LogP contribution >= 0.6 is 0 Å². The summed E-state index contributed by atoms with van der Waals surface area (Å²) in [6.45, 7) is 4.04. The van der Waals surface area contributed by atoms with Gasteiger partial charge in [0.2, 0.25) is 0 Å². The molecule has 4 nitrogen and oxygen atoms in total. The lowest BCUT2D eigenvalue weighted by Crippen LogP contribution is -2.08. The summed E-state index contributed by atoms with van der Waals surface area (Å²) < 4.78 is 43.5. The van der Waals surface area contributed by atoms with Gasteiger partial charge in [0.25, 0.3) is 0 Å². The lowest BCUT2D eigenvalue weighted by atomic mass is 10.0. The molecule has 0 unspecified atom stereocenters. The molecule has 0 fully saturated rings. The molecule has 0 aromatic carbocycles. The van der Waals surface area contributed by atoms with Crippen molar-refractivity contribution in [1.29, 1.82) is 0 Å². The summed E-state index contributed by atoms with van der Waals surface area (Å²) in [5.74, 6) is 1.25. The molecule has 0 saturated carbocycles. The van der Waals surface area contributed by atoms with Gasteiger partial charge < -0.3 is 10.1 Å². The van der Waals surface area contributed by atoms with Crippen molar-refractivity contribution >= 4 is 17.1 Å². The number of pyridine rings is 2. The lowest BCUT2D eigenvalue weighted by molar-refractivity contribution is -0.141. The quantitative estimate of drug-likeness (QED) is 0.477. The fourth-order valence-electron chi connectivity index (χ4n) is 2.53. The second-order valence-corrected chi connectivity index (χ2v) is 5.67. The van der Waals surface area contributed by atoms with Gasteiger partial charge in [-0.2, -0.15) is 13.2 Å². The Morgan fingerprint density at radius 3 is 2.52 bits per heavy atom. The minimum atomic E-state index is -4.47. The number of rotatable bonds is 7. The maximum atomic E-state index is 12.7. The molecule has 0 spiro atoms. The third kappa shape index (κ3) is 5.32. The normalized spacial score (nSPS) is 12.8. The molecule has 0 atom stereocenters. The average molecular weight is 377 g/mol. The minimum Gasteiger partial charge on any atom is -0.496 e. The van der Waals surface area contributed by atoms with Crippen molar-refractivity contribution < 1.29 is 17.9 Å². The van der Waals surface area contributed by atoms with Crippen LogP contribution in [0.1, 0.15) is 37.9 Å². The van der Waals surface area contributed by atoms with Crippen LogP contribution in [0.15, 0.2) is 54.6 Å². The molecule has 0 aliphatic heterocycles. The van der Waals surface area contributed by atoms with E-state index in [1.807, 2.05) is 32.1 Å². The van der Waals surface area contributed by atoms with E-state index in [1.165, 1.54) is 6.07 Å². The maximum absolute atomic E-state index is 12.7. The molecule has 0 radical (unpaired) electrons. The Morgan fingerprint density at radius 1 is 1.19 bits per heavy atom. The van der Waals surface area contributed by atoms with Crippen molar-refractivity contribution in [3.63, 3.8) is 0 Å². The van der Waals surface area contributed by atoms with E-state index in [1.54, 1.807) is 19.4 Å². The fraction of sp³-hybridized carbons (Fsp3) is 0.300. The van der Waals surface area contributed by atoms with Gasteiger partial charge in [0, 0.05) is 17.3 Å². The van der Waals surface area contributed by atoms with Gasteiger partial charge in [-0.05, 0) is 43.2 Å². The first-order chi connectivity index (χ1) is 12.9. The molecule has 27 heavy (non-hydrogen) atoms. The van der Waals surface area contributed by atoms with Crippen molar-refractivity contribution in [2.24, 2.45) is 0 Å². The van der Waals surface area contributed by atoms with Crippen LogP contribution in [0, 0.1) is 0 Å². The van der Waals surface area contributed by atoms with Crippen molar-refractivity contribution in [3.05, 3.63) is 65.8 Å². The zero-order valence-electron chi connectivity index (χ0n) is 15.5. The average Bonchev–Trinajstić information content (AvgIpc) is 2.66. The van der Waals surface area contributed by atoms with Crippen LogP contribution in [0.5, 0.6) is 0 Å². The Balaban J connectivity index is 2.40. The molecular weight excluding hydrogens is 355 g/mol. The third-order valence-electron chi connectivity index (χ3n) is 3.83. The number of nitrogens with zero attached hydrogens (tertiary/aromatic N) is 2. The first-order valence-electron chi connectivity index (χ1n) is 8.60. The molecular formula is C20H22F3N3O. The van der Waals surface area contributed by atoms with E-state index in [0.29, 0.717) is 17.9 Å². The highest BCUT2D eigenvalue weighted by molar-refractivity contribution is 5.78. The Kier molecular flexibility index (Phi) is 6.98. The molecule has 0 amide bonds. The molecule has 2 aromatic heterocycles. The standard InChI is InChI=1S/C20H22F3N3O/c1-4-6-9-17(27-3)15(5-2)16-8-7-12-24-19(16)26-14-10-11-18(25-13-14)20(21,22)23/h6-13H,4-5H2,1-3H3,(H,24,26)/b9-6-,17-15-. The van der Waals surface area contributed by atoms with Crippen molar-refractivity contribution in [2.45, 2.75) is 32.9 Å². The zero-order valence-corrected chi connectivity index (χ0v) is 15.5. The molecule has 2 heterocycles. The topological polar surface area (TPSA) is 47.0 Å². The summed E-state index contributed by atoms with van der Waals surface area (Å²) in [5.41, 5.74) is 1.24. The van der Waals surface area contributed by atoms with E-state index in [9.17, 15) is 13.2 Å². The van der Waals surface area contributed by atoms with Gasteiger partial charge in [0.1, 0.15) is 17.3 Å². The molecule has 0 aliphatic rings. The zero-order chi connectivity index (χ0) is 19.9. The Hall–Kier alpha value is -2.83. The molecule has 7 heteroatoms. The summed E-state index contributed by atoms with van der Waals surface area (Å²) in [4.78, 5) is 7.81. The number of alkyl halides is 3. The summed E-state index contributed by atoms with van der Waals surface area (Å²) in [6.07, 6.45) is 3.77.